The molecule has 1 saturated carbocycles. The van der Waals surface area contributed by atoms with Crippen LogP contribution in [0.3, 0.4) is 0 Å². The van der Waals surface area contributed by atoms with E-state index < -0.39 is 35.5 Å². The monoisotopic (exact) mass is 863 g/mol. The SMILES string of the molecule is N#Cc1ccc(N2CCc3c(ncnc3Nc3ccc(C(=O)NC4CCC(CN5CCN(c6cc7c(cc6F)C(=O)N(C6CCC(=O)NC6=O)C7)CC5)CC4)c(F)n3)C2)cc1Cl. The number of rotatable bonds is 9. The Morgan fingerprint density at radius 1 is 0.919 bits per heavy atom. The first-order valence-electron chi connectivity index (χ1n) is 21.0. The molecule has 15 nitrogen and oxygen atoms in total. The maximum atomic E-state index is 15.4. The Labute approximate surface area is 361 Å². The minimum Gasteiger partial charge on any atom is -0.367 e. The lowest BCUT2D eigenvalue weighted by Gasteiger charge is -2.39. The Bertz CT molecular complexity index is 2500. The average molecular weight is 864 g/mol. The van der Waals surface area contributed by atoms with Crippen molar-refractivity contribution in [2.24, 2.45) is 5.92 Å². The molecule has 4 aromatic rings. The summed E-state index contributed by atoms with van der Waals surface area (Å²) in [7, 11) is 0. The number of hydrogen-bond donors (Lipinski definition) is 3. The van der Waals surface area contributed by atoms with Crippen molar-refractivity contribution in [3.63, 3.8) is 0 Å². The Morgan fingerprint density at radius 2 is 1.73 bits per heavy atom. The summed E-state index contributed by atoms with van der Waals surface area (Å²) < 4.78 is 30.8. The number of nitriles is 1. The molecular weight excluding hydrogens is 820 g/mol. The second kappa shape index (κ2) is 17.3. The molecule has 9 rings (SSSR count). The van der Waals surface area contributed by atoms with Crippen LogP contribution in [-0.4, -0.2) is 99.7 Å². The van der Waals surface area contributed by atoms with E-state index in [4.69, 9.17) is 11.6 Å². The van der Waals surface area contributed by atoms with Crippen LogP contribution in [0.15, 0.2) is 48.8 Å². The largest absolute Gasteiger partial charge is 0.367 e. The van der Waals surface area contributed by atoms with E-state index in [1.165, 1.54) is 23.4 Å². The number of pyridine rings is 1. The van der Waals surface area contributed by atoms with Gasteiger partial charge in [0.25, 0.3) is 11.8 Å². The fraction of sp³-hybridized carbons (Fsp3) is 0.409. The molecule has 4 aliphatic heterocycles. The van der Waals surface area contributed by atoms with E-state index in [0.717, 1.165) is 62.3 Å². The van der Waals surface area contributed by atoms with Crippen LogP contribution in [0, 0.1) is 29.0 Å². The van der Waals surface area contributed by atoms with E-state index in [2.05, 4.69) is 46.8 Å². The lowest BCUT2D eigenvalue weighted by atomic mass is 9.85. The minimum absolute atomic E-state index is 0.0826. The zero-order valence-corrected chi connectivity index (χ0v) is 34.6. The van der Waals surface area contributed by atoms with Gasteiger partial charge in [-0.05, 0) is 92.5 Å². The van der Waals surface area contributed by atoms with Crippen molar-refractivity contribution in [3.05, 3.63) is 99.1 Å². The first-order chi connectivity index (χ1) is 30.0. The van der Waals surface area contributed by atoms with Gasteiger partial charge in [0.15, 0.2) is 0 Å². The number of amides is 4. The van der Waals surface area contributed by atoms with Gasteiger partial charge < -0.3 is 25.3 Å². The number of imide groups is 1. The molecule has 2 aromatic heterocycles. The quantitative estimate of drug-likeness (QED) is 0.154. The summed E-state index contributed by atoms with van der Waals surface area (Å²) in [5, 5.41) is 18.0. The molecule has 1 atom stereocenters. The first kappa shape index (κ1) is 41.1. The number of piperidine rings is 1. The Hall–Kier alpha value is -6.25. The third-order valence-electron chi connectivity index (χ3n) is 12.8. The van der Waals surface area contributed by atoms with Crippen LogP contribution in [0.1, 0.15) is 81.6 Å². The molecule has 0 radical (unpaired) electrons. The number of carbonyl (C=O) groups excluding carboxylic acids is 4. The van der Waals surface area contributed by atoms with Crippen molar-refractivity contribution in [2.75, 3.05) is 54.4 Å². The number of benzene rings is 2. The first-order valence-corrected chi connectivity index (χ1v) is 21.3. The highest BCUT2D eigenvalue weighted by Crippen LogP contribution is 2.34. The molecule has 18 heteroatoms. The number of anilines is 4. The molecule has 0 spiro atoms. The van der Waals surface area contributed by atoms with E-state index in [1.54, 1.807) is 24.3 Å². The van der Waals surface area contributed by atoms with Gasteiger partial charge in [0, 0.05) is 75.1 Å². The normalized spacial score (nSPS) is 21.5. The van der Waals surface area contributed by atoms with Crippen molar-refractivity contribution >= 4 is 58.2 Å². The number of hydrogen-bond acceptors (Lipinski definition) is 12. The van der Waals surface area contributed by atoms with Gasteiger partial charge in [-0.15, -0.1) is 0 Å². The number of fused-ring (bicyclic) bond motifs is 2. The van der Waals surface area contributed by atoms with Crippen molar-refractivity contribution in [3.8, 4) is 6.07 Å². The van der Waals surface area contributed by atoms with Crippen LogP contribution in [0.4, 0.5) is 31.8 Å². The summed E-state index contributed by atoms with van der Waals surface area (Å²) in [5.41, 5.74) is 4.23. The topological polar surface area (TPSA) is 180 Å². The second-order valence-electron chi connectivity index (χ2n) is 16.6. The minimum atomic E-state index is -0.880. The fourth-order valence-electron chi connectivity index (χ4n) is 9.38. The van der Waals surface area contributed by atoms with E-state index in [0.29, 0.717) is 66.2 Å². The zero-order chi connectivity index (χ0) is 43.1. The summed E-state index contributed by atoms with van der Waals surface area (Å²) in [4.78, 5) is 71.2. The molecule has 62 heavy (non-hydrogen) atoms. The molecular formula is C44H44ClF2N11O4. The van der Waals surface area contributed by atoms with E-state index in [-0.39, 0.29) is 48.3 Å². The fourth-order valence-corrected chi connectivity index (χ4v) is 9.59. The van der Waals surface area contributed by atoms with Gasteiger partial charge in [-0.2, -0.15) is 9.65 Å². The summed E-state index contributed by atoms with van der Waals surface area (Å²) in [6.45, 7) is 4.98. The number of aromatic nitrogens is 3. The molecule has 5 aliphatic rings. The summed E-state index contributed by atoms with van der Waals surface area (Å²) >= 11 is 6.27. The molecule has 0 bridgehead atoms. The van der Waals surface area contributed by atoms with Crippen molar-refractivity contribution in [1.29, 1.82) is 5.26 Å². The molecule has 320 valence electrons. The maximum absolute atomic E-state index is 15.4. The third kappa shape index (κ3) is 8.36. The summed E-state index contributed by atoms with van der Waals surface area (Å²) in [6, 6.07) is 12.6. The van der Waals surface area contributed by atoms with Gasteiger partial charge >= 0.3 is 0 Å². The Balaban J connectivity index is 0.731. The van der Waals surface area contributed by atoms with Crippen molar-refractivity contribution < 1.29 is 28.0 Å². The molecule has 3 fully saturated rings. The van der Waals surface area contributed by atoms with Gasteiger partial charge in [-0.25, -0.2) is 19.3 Å². The predicted octanol–water partition coefficient (Wildman–Crippen LogP) is 4.85. The van der Waals surface area contributed by atoms with Crippen LogP contribution >= 0.6 is 11.6 Å². The van der Waals surface area contributed by atoms with Crippen molar-refractivity contribution in [2.45, 2.75) is 70.1 Å². The number of nitrogens with one attached hydrogen (secondary N) is 3. The Morgan fingerprint density at radius 3 is 2.47 bits per heavy atom. The van der Waals surface area contributed by atoms with Crippen LogP contribution in [-0.2, 0) is 29.1 Å². The van der Waals surface area contributed by atoms with Gasteiger partial charge in [0.2, 0.25) is 17.8 Å². The molecule has 4 amide bonds. The standard InChI is InChI=1S/C44H44ClF2N11O4/c45-33-18-29(6-3-26(33)20-48)57-12-11-30-35(23-57)49-24-50-41(30)53-38-9-7-31(40(47)52-38)42(60)51-28-4-1-25(2-5-28)21-55-13-15-56(16-14-55)37-17-27-22-58(44(62)32(27)19-34(37)46)36-8-10-39(59)54-43(36)61/h3,6-7,9,17-19,24-25,28,36H,1-2,4-5,8,10-16,21-23H2,(H,51,60)(H,54,59,61)(H,49,50,52,53). The smallest absolute Gasteiger partial charge is 0.256 e. The van der Waals surface area contributed by atoms with Gasteiger partial charge in [0.1, 0.15) is 35.9 Å². The van der Waals surface area contributed by atoms with Crippen LogP contribution in [0.25, 0.3) is 0 Å². The highest BCUT2D eigenvalue weighted by atomic mass is 35.5. The van der Waals surface area contributed by atoms with Gasteiger partial charge in [-0.1, -0.05) is 11.6 Å². The molecule has 3 N–H and O–H groups in total. The van der Waals surface area contributed by atoms with Crippen LogP contribution in [0.5, 0.6) is 0 Å². The lowest BCUT2D eigenvalue weighted by Crippen LogP contribution is -2.52. The number of carbonyl (C=O) groups is 4. The predicted molar refractivity (Wildman–Crippen MR) is 225 cm³/mol. The highest BCUT2D eigenvalue weighted by Gasteiger charge is 2.40. The average Bonchev–Trinajstić information content (AvgIpc) is 3.58. The van der Waals surface area contributed by atoms with E-state index >= 15 is 8.78 Å². The molecule has 1 unspecified atom stereocenters. The third-order valence-corrected chi connectivity index (χ3v) is 13.1. The molecule has 6 heterocycles. The zero-order valence-electron chi connectivity index (χ0n) is 33.8. The van der Waals surface area contributed by atoms with Crippen LogP contribution in [0.2, 0.25) is 5.02 Å². The van der Waals surface area contributed by atoms with Gasteiger partial charge in [-0.3, -0.25) is 29.4 Å². The molecule has 2 aromatic carbocycles. The van der Waals surface area contributed by atoms with E-state index in [9.17, 15) is 24.4 Å². The maximum Gasteiger partial charge on any atom is 0.256 e. The summed E-state index contributed by atoms with van der Waals surface area (Å²) in [6.07, 6.45) is 5.82. The van der Waals surface area contributed by atoms with Crippen LogP contribution < -0.4 is 25.8 Å². The highest BCUT2D eigenvalue weighted by molar-refractivity contribution is 6.32. The number of nitrogens with zero attached hydrogens (tertiary/aromatic N) is 8. The lowest BCUT2D eigenvalue weighted by molar-refractivity contribution is -0.136. The van der Waals surface area contributed by atoms with E-state index in [1.807, 2.05) is 11.0 Å². The van der Waals surface area contributed by atoms with Crippen molar-refractivity contribution in [1.82, 2.24) is 35.4 Å². The number of halogens is 3. The Kier molecular flexibility index (Phi) is 11.4. The second-order valence-corrected chi connectivity index (χ2v) is 17.0. The number of piperazine rings is 1. The van der Waals surface area contributed by atoms with Gasteiger partial charge in [0.05, 0.1) is 34.1 Å². The summed E-state index contributed by atoms with van der Waals surface area (Å²) in [5.74, 6) is -1.93. The molecule has 2 saturated heterocycles. The molecule has 1 aliphatic carbocycles.